The van der Waals surface area contributed by atoms with Crippen molar-refractivity contribution >= 4 is 0 Å². The van der Waals surface area contributed by atoms with E-state index >= 15 is 0 Å². The van der Waals surface area contributed by atoms with Crippen LogP contribution in [0.1, 0.15) is 56.7 Å². The zero-order chi connectivity index (χ0) is 15.0. The lowest BCUT2D eigenvalue weighted by Crippen LogP contribution is -2.23. The standard InChI is InChI=1S/C17H29NO2/c1-6-8-9-15(18-10-7-2)14-12-17(20-5)16(19-4)11-13(14)3/h11-12,15,18H,6-10H2,1-5H3. The van der Waals surface area contributed by atoms with Gasteiger partial charge in [0.25, 0.3) is 0 Å². The summed E-state index contributed by atoms with van der Waals surface area (Å²) in [5, 5.41) is 3.65. The summed E-state index contributed by atoms with van der Waals surface area (Å²) < 4.78 is 10.8. The van der Waals surface area contributed by atoms with E-state index < -0.39 is 0 Å². The highest BCUT2D eigenvalue weighted by Gasteiger charge is 2.16. The van der Waals surface area contributed by atoms with Crippen molar-refractivity contribution in [1.29, 1.82) is 0 Å². The van der Waals surface area contributed by atoms with Crippen molar-refractivity contribution in [3.8, 4) is 11.5 Å². The maximum atomic E-state index is 5.44. The van der Waals surface area contributed by atoms with Gasteiger partial charge < -0.3 is 14.8 Å². The first-order chi connectivity index (χ1) is 9.67. The van der Waals surface area contributed by atoms with Gasteiger partial charge in [-0.3, -0.25) is 0 Å². The van der Waals surface area contributed by atoms with Crippen LogP contribution in [0, 0.1) is 6.92 Å². The number of nitrogens with one attached hydrogen (secondary N) is 1. The van der Waals surface area contributed by atoms with E-state index in [2.05, 4.69) is 38.2 Å². The third kappa shape index (κ3) is 4.41. The topological polar surface area (TPSA) is 30.5 Å². The van der Waals surface area contributed by atoms with Gasteiger partial charge in [-0.25, -0.2) is 0 Å². The monoisotopic (exact) mass is 279 g/mol. The zero-order valence-corrected chi connectivity index (χ0v) is 13.6. The molecule has 0 aliphatic carbocycles. The average molecular weight is 279 g/mol. The molecule has 3 heteroatoms. The Hall–Kier alpha value is -1.22. The number of hydrogen-bond donors (Lipinski definition) is 1. The van der Waals surface area contributed by atoms with Gasteiger partial charge in [0, 0.05) is 6.04 Å². The van der Waals surface area contributed by atoms with Crippen LogP contribution in [0.15, 0.2) is 12.1 Å². The third-order valence-electron chi connectivity index (χ3n) is 3.63. The van der Waals surface area contributed by atoms with Crippen molar-refractivity contribution < 1.29 is 9.47 Å². The van der Waals surface area contributed by atoms with Crippen LogP contribution in [0.4, 0.5) is 0 Å². The summed E-state index contributed by atoms with van der Waals surface area (Å²) in [6.07, 6.45) is 4.76. The van der Waals surface area contributed by atoms with Crippen LogP contribution >= 0.6 is 0 Å². The molecule has 0 aromatic heterocycles. The fourth-order valence-corrected chi connectivity index (χ4v) is 2.47. The van der Waals surface area contributed by atoms with E-state index in [0.29, 0.717) is 6.04 Å². The van der Waals surface area contributed by atoms with Gasteiger partial charge in [-0.1, -0.05) is 26.7 Å². The fraction of sp³-hybridized carbons (Fsp3) is 0.647. The van der Waals surface area contributed by atoms with E-state index in [1.54, 1.807) is 14.2 Å². The van der Waals surface area contributed by atoms with Crippen LogP contribution in [0.3, 0.4) is 0 Å². The number of hydrogen-bond acceptors (Lipinski definition) is 3. The minimum Gasteiger partial charge on any atom is -0.493 e. The number of benzene rings is 1. The highest BCUT2D eigenvalue weighted by molar-refractivity contribution is 5.48. The molecule has 0 amide bonds. The first kappa shape index (κ1) is 16.8. The number of rotatable bonds is 9. The zero-order valence-electron chi connectivity index (χ0n) is 13.6. The van der Waals surface area contributed by atoms with Gasteiger partial charge in [0.05, 0.1) is 14.2 Å². The van der Waals surface area contributed by atoms with Gasteiger partial charge in [-0.2, -0.15) is 0 Å². The van der Waals surface area contributed by atoms with Crippen LogP contribution in [0.5, 0.6) is 11.5 Å². The SMILES string of the molecule is CCCCC(NCCC)c1cc(OC)c(OC)cc1C. The van der Waals surface area contributed by atoms with Gasteiger partial charge in [-0.05, 0) is 49.6 Å². The van der Waals surface area contributed by atoms with Gasteiger partial charge in [0.1, 0.15) is 0 Å². The highest BCUT2D eigenvalue weighted by Crippen LogP contribution is 2.34. The van der Waals surface area contributed by atoms with Crippen LogP contribution in [0.2, 0.25) is 0 Å². The molecule has 1 aromatic rings. The van der Waals surface area contributed by atoms with Gasteiger partial charge in [0.15, 0.2) is 11.5 Å². The predicted octanol–water partition coefficient (Wildman–Crippen LogP) is 4.24. The maximum Gasteiger partial charge on any atom is 0.161 e. The smallest absolute Gasteiger partial charge is 0.161 e. The maximum absolute atomic E-state index is 5.44. The van der Waals surface area contributed by atoms with Crippen molar-refractivity contribution in [2.45, 2.75) is 52.5 Å². The summed E-state index contributed by atoms with van der Waals surface area (Å²) in [7, 11) is 3.37. The Morgan fingerprint density at radius 1 is 1.05 bits per heavy atom. The first-order valence-corrected chi connectivity index (χ1v) is 7.63. The van der Waals surface area contributed by atoms with Crippen molar-refractivity contribution in [2.75, 3.05) is 20.8 Å². The Morgan fingerprint density at radius 3 is 2.25 bits per heavy atom. The molecule has 0 saturated heterocycles. The van der Waals surface area contributed by atoms with E-state index in [0.717, 1.165) is 30.9 Å². The van der Waals surface area contributed by atoms with Gasteiger partial charge in [0.2, 0.25) is 0 Å². The van der Waals surface area contributed by atoms with Crippen molar-refractivity contribution in [3.05, 3.63) is 23.3 Å². The molecule has 1 aromatic carbocycles. The quantitative estimate of drug-likeness (QED) is 0.733. The molecule has 3 nitrogen and oxygen atoms in total. The summed E-state index contributed by atoms with van der Waals surface area (Å²) >= 11 is 0. The first-order valence-electron chi connectivity index (χ1n) is 7.63. The average Bonchev–Trinajstić information content (AvgIpc) is 2.47. The van der Waals surface area contributed by atoms with Crippen LogP contribution in [0.25, 0.3) is 0 Å². The molecule has 0 aliphatic heterocycles. The normalized spacial score (nSPS) is 12.2. The number of methoxy groups -OCH3 is 2. The fourth-order valence-electron chi connectivity index (χ4n) is 2.47. The summed E-state index contributed by atoms with van der Waals surface area (Å²) in [5.41, 5.74) is 2.58. The minimum absolute atomic E-state index is 0.398. The molecule has 0 heterocycles. The van der Waals surface area contributed by atoms with E-state index in [4.69, 9.17) is 9.47 Å². The van der Waals surface area contributed by atoms with Crippen LogP contribution < -0.4 is 14.8 Å². The molecule has 1 N–H and O–H groups in total. The largest absolute Gasteiger partial charge is 0.493 e. The second kappa shape index (κ2) is 8.85. The second-order valence-corrected chi connectivity index (χ2v) is 5.21. The minimum atomic E-state index is 0.398. The highest BCUT2D eigenvalue weighted by atomic mass is 16.5. The Labute approximate surface area is 123 Å². The van der Waals surface area contributed by atoms with Crippen molar-refractivity contribution in [2.24, 2.45) is 0 Å². The molecule has 0 saturated carbocycles. The number of aryl methyl sites for hydroxylation is 1. The molecular weight excluding hydrogens is 250 g/mol. The van der Waals surface area contributed by atoms with Crippen molar-refractivity contribution in [1.82, 2.24) is 5.32 Å². The Balaban J connectivity index is 3.04. The number of unbranched alkanes of at least 4 members (excludes halogenated alkanes) is 1. The van der Waals surface area contributed by atoms with Crippen molar-refractivity contribution in [3.63, 3.8) is 0 Å². The van der Waals surface area contributed by atoms with Gasteiger partial charge >= 0.3 is 0 Å². The van der Waals surface area contributed by atoms with Crippen LogP contribution in [-0.2, 0) is 0 Å². The summed E-state index contributed by atoms with van der Waals surface area (Å²) in [6, 6.07) is 4.59. The molecule has 1 atom stereocenters. The Morgan fingerprint density at radius 2 is 1.70 bits per heavy atom. The molecule has 0 radical (unpaired) electrons. The van der Waals surface area contributed by atoms with E-state index in [1.807, 2.05) is 0 Å². The third-order valence-corrected chi connectivity index (χ3v) is 3.63. The van der Waals surface area contributed by atoms with E-state index in [1.165, 1.54) is 24.0 Å². The lowest BCUT2D eigenvalue weighted by molar-refractivity contribution is 0.353. The Kier molecular flexibility index (Phi) is 7.45. The molecule has 1 rings (SSSR count). The van der Waals surface area contributed by atoms with E-state index in [-0.39, 0.29) is 0 Å². The second-order valence-electron chi connectivity index (χ2n) is 5.21. The predicted molar refractivity (Wildman–Crippen MR) is 84.8 cm³/mol. The molecular formula is C17H29NO2. The van der Waals surface area contributed by atoms with E-state index in [9.17, 15) is 0 Å². The molecule has 0 aliphatic rings. The van der Waals surface area contributed by atoms with Gasteiger partial charge in [-0.15, -0.1) is 0 Å². The molecule has 114 valence electrons. The molecule has 1 unspecified atom stereocenters. The Bertz CT molecular complexity index is 396. The lowest BCUT2D eigenvalue weighted by Gasteiger charge is -2.22. The summed E-state index contributed by atoms with van der Waals surface area (Å²) in [6.45, 7) is 7.62. The molecule has 0 bridgehead atoms. The molecule has 0 fully saturated rings. The number of ether oxygens (including phenoxy) is 2. The summed E-state index contributed by atoms with van der Waals surface area (Å²) in [5.74, 6) is 1.62. The summed E-state index contributed by atoms with van der Waals surface area (Å²) in [4.78, 5) is 0. The molecule has 20 heavy (non-hydrogen) atoms. The molecule has 0 spiro atoms. The lowest BCUT2D eigenvalue weighted by atomic mass is 9.96. The van der Waals surface area contributed by atoms with Crippen LogP contribution in [-0.4, -0.2) is 20.8 Å².